The number of aliphatic hydroxyl groups excluding tert-OH is 1. The Morgan fingerprint density at radius 3 is 2.15 bits per heavy atom. The van der Waals surface area contributed by atoms with Gasteiger partial charge in [0.15, 0.2) is 5.78 Å². The molecule has 0 saturated heterocycles. The predicted octanol–water partition coefficient (Wildman–Crippen LogP) is 12.1. The summed E-state index contributed by atoms with van der Waals surface area (Å²) in [4.78, 5) is 18.8. The Morgan fingerprint density at radius 2 is 1.58 bits per heavy atom. The maximum absolute atomic E-state index is 11.7. The first kappa shape index (κ1) is 41.1. The summed E-state index contributed by atoms with van der Waals surface area (Å²) in [5, 5.41) is 21.8. The number of thiophene rings is 1. The first-order valence-electron chi connectivity index (χ1n) is 17.0. The molecule has 0 saturated carbocycles. The molecule has 0 spiro atoms. The van der Waals surface area contributed by atoms with Crippen molar-refractivity contribution in [3.8, 4) is 27.8 Å². The molecule has 1 radical (unpaired) electrons. The summed E-state index contributed by atoms with van der Waals surface area (Å²) in [5.41, 5.74) is 4.86. The monoisotopic (exact) mass is 842 g/mol. The third-order valence-corrected chi connectivity index (χ3v) is 9.72. The van der Waals surface area contributed by atoms with Gasteiger partial charge in [-0.3, -0.25) is 9.78 Å². The summed E-state index contributed by atoms with van der Waals surface area (Å²) in [5.74, 6) is 0.547. The van der Waals surface area contributed by atoms with E-state index in [2.05, 4.69) is 107 Å². The van der Waals surface area contributed by atoms with Crippen LogP contribution in [0.3, 0.4) is 0 Å². The number of aliphatic hydroxyl groups is 1. The second-order valence-corrected chi connectivity index (χ2v) is 15.8. The Bertz CT molecular complexity index is 1730. The predicted molar refractivity (Wildman–Crippen MR) is 200 cm³/mol. The Hall–Kier alpha value is -3.10. The van der Waals surface area contributed by atoms with Crippen molar-refractivity contribution in [2.24, 2.45) is 17.3 Å². The maximum Gasteiger partial charge on any atom is 0.162 e. The molecule has 2 aromatic carbocycles. The molecule has 2 heterocycles. The van der Waals surface area contributed by atoms with E-state index >= 15 is 0 Å². The zero-order chi connectivity index (χ0) is 34.9. The zero-order valence-electron chi connectivity index (χ0n) is 30.5. The van der Waals surface area contributed by atoms with Crippen LogP contribution in [0.25, 0.3) is 32.5 Å². The first-order valence-corrected chi connectivity index (χ1v) is 17.9. The van der Waals surface area contributed by atoms with Crippen LogP contribution in [-0.4, -0.2) is 15.9 Å². The van der Waals surface area contributed by atoms with Crippen molar-refractivity contribution in [1.29, 1.82) is 5.26 Å². The van der Waals surface area contributed by atoms with Gasteiger partial charge in [-0.1, -0.05) is 104 Å². The molecule has 0 atom stereocenters. The summed E-state index contributed by atoms with van der Waals surface area (Å²) < 4.78 is 0. The standard InChI is InChI=1S/C29H29N2S.C13H24O2.Ir/c1-28(2,3)16-22-11-12-27(32-22)24-15-26(31-18-21(24)17-30)20-13-19-9-7-8-10-23(19)25(14-20)29(4,5)6;1-5-10(6-2)12(14)9-13(15)11(7-3)8-4;/h7-12,14-15,18H,16H2,1-6H3;9-11,14H,5-8H2,1-4H3;/q-1;;/b;12-9-;. The molecule has 0 aliphatic heterocycles. The molecule has 0 aliphatic rings. The summed E-state index contributed by atoms with van der Waals surface area (Å²) in [6.07, 6.45) is 7.63. The first-order chi connectivity index (χ1) is 22.1. The van der Waals surface area contributed by atoms with Gasteiger partial charge in [0.05, 0.1) is 11.3 Å². The number of nitriles is 1. The van der Waals surface area contributed by atoms with Crippen LogP contribution in [0.5, 0.6) is 0 Å². The molecule has 0 aliphatic carbocycles. The fourth-order valence-electron chi connectivity index (χ4n) is 5.80. The number of hydrogen-bond donors (Lipinski definition) is 1. The minimum absolute atomic E-state index is 0. The average molecular weight is 842 g/mol. The third-order valence-electron chi connectivity index (χ3n) is 8.60. The van der Waals surface area contributed by atoms with E-state index in [-0.39, 0.29) is 54.3 Å². The van der Waals surface area contributed by atoms with Crippen molar-refractivity contribution in [2.75, 3.05) is 0 Å². The van der Waals surface area contributed by atoms with E-state index in [1.807, 2.05) is 27.7 Å². The number of allylic oxidation sites excluding steroid dienone is 2. The molecule has 4 rings (SSSR count). The van der Waals surface area contributed by atoms with Crippen LogP contribution in [-0.2, 0) is 36.7 Å². The second-order valence-electron chi connectivity index (χ2n) is 14.6. The normalized spacial score (nSPS) is 12.0. The van der Waals surface area contributed by atoms with Gasteiger partial charge >= 0.3 is 0 Å². The van der Waals surface area contributed by atoms with E-state index in [0.717, 1.165) is 59.2 Å². The Morgan fingerprint density at radius 1 is 0.958 bits per heavy atom. The summed E-state index contributed by atoms with van der Waals surface area (Å²) >= 11 is 1.77. The van der Waals surface area contributed by atoms with Crippen molar-refractivity contribution < 1.29 is 30.0 Å². The number of carbonyl (C=O) groups is 1. The maximum atomic E-state index is 11.7. The SMILES string of the molecule is CC(C)(C)Cc1ccc(-c2cc(-c3[c-]c4ccccc4c(C(C)(C)C)c3)ncc2C#N)s1.CCC(CC)C(=O)/C=C(\O)C(CC)CC.[Ir]. The molecule has 4 nitrogen and oxygen atoms in total. The van der Waals surface area contributed by atoms with Gasteiger partial charge in [0.25, 0.3) is 0 Å². The van der Waals surface area contributed by atoms with E-state index in [1.54, 1.807) is 17.5 Å². The molecule has 0 fully saturated rings. The van der Waals surface area contributed by atoms with Gasteiger partial charge in [-0.05, 0) is 55.1 Å². The molecule has 48 heavy (non-hydrogen) atoms. The van der Waals surface area contributed by atoms with Gasteiger partial charge in [0, 0.05) is 65.2 Å². The van der Waals surface area contributed by atoms with Crippen LogP contribution in [0, 0.1) is 34.6 Å². The molecule has 0 bridgehead atoms. The van der Waals surface area contributed by atoms with Crippen molar-refractivity contribution in [1.82, 2.24) is 4.98 Å². The molecule has 2 aromatic heterocycles. The number of pyridine rings is 1. The zero-order valence-corrected chi connectivity index (χ0v) is 33.7. The van der Waals surface area contributed by atoms with E-state index < -0.39 is 0 Å². The molecule has 259 valence electrons. The number of ketones is 1. The van der Waals surface area contributed by atoms with Crippen LogP contribution in [0.1, 0.15) is 111 Å². The topological polar surface area (TPSA) is 74.0 Å². The van der Waals surface area contributed by atoms with E-state index in [0.29, 0.717) is 5.56 Å². The summed E-state index contributed by atoms with van der Waals surface area (Å²) in [6.45, 7) is 21.5. The third kappa shape index (κ3) is 11.0. The number of hydrogen-bond acceptors (Lipinski definition) is 5. The molecule has 0 unspecified atom stereocenters. The van der Waals surface area contributed by atoms with Gasteiger partial charge < -0.3 is 5.11 Å². The van der Waals surface area contributed by atoms with Crippen LogP contribution in [0.2, 0.25) is 0 Å². The number of benzene rings is 2. The van der Waals surface area contributed by atoms with Crippen molar-refractivity contribution >= 4 is 27.9 Å². The fourth-order valence-corrected chi connectivity index (χ4v) is 7.14. The van der Waals surface area contributed by atoms with Gasteiger partial charge in [-0.15, -0.1) is 40.5 Å². The molecule has 1 N–H and O–H groups in total. The average Bonchev–Trinajstić information content (AvgIpc) is 3.48. The quantitative estimate of drug-likeness (QED) is 0.0980. The summed E-state index contributed by atoms with van der Waals surface area (Å²) in [6, 6.07) is 22.9. The van der Waals surface area contributed by atoms with Crippen molar-refractivity contribution in [3.05, 3.63) is 88.6 Å². The van der Waals surface area contributed by atoms with Gasteiger partial charge in [0.1, 0.15) is 6.07 Å². The van der Waals surface area contributed by atoms with Gasteiger partial charge in [-0.2, -0.15) is 5.26 Å². The number of carbonyl (C=O) groups excluding carboxylic acids is 1. The largest absolute Gasteiger partial charge is 0.512 e. The fraction of sp³-hybridized carbons (Fsp3) is 0.452. The van der Waals surface area contributed by atoms with Crippen molar-refractivity contribution in [2.45, 2.75) is 107 Å². The van der Waals surface area contributed by atoms with Crippen LogP contribution in [0.15, 0.2) is 66.6 Å². The van der Waals surface area contributed by atoms with Crippen LogP contribution < -0.4 is 0 Å². The molecular formula is C42H53IrN2O2S-. The number of nitrogens with zero attached hydrogens (tertiary/aromatic N) is 2. The molecule has 6 heteroatoms. The number of rotatable bonds is 10. The van der Waals surface area contributed by atoms with E-state index in [9.17, 15) is 15.2 Å². The number of fused-ring (bicyclic) bond motifs is 1. The Balaban J connectivity index is 0.000000427. The molecule has 0 amide bonds. The Kier molecular flexibility index (Phi) is 15.4. The van der Waals surface area contributed by atoms with Gasteiger partial charge in [-0.25, -0.2) is 0 Å². The molecular weight excluding hydrogens is 789 g/mol. The minimum atomic E-state index is -0.00547. The van der Waals surface area contributed by atoms with E-state index in [4.69, 9.17) is 0 Å². The van der Waals surface area contributed by atoms with E-state index in [1.165, 1.54) is 21.9 Å². The van der Waals surface area contributed by atoms with Gasteiger partial charge in [0.2, 0.25) is 0 Å². The minimum Gasteiger partial charge on any atom is -0.512 e. The number of aromatic nitrogens is 1. The second kappa shape index (κ2) is 18.1. The smallest absolute Gasteiger partial charge is 0.162 e. The Labute approximate surface area is 307 Å². The van der Waals surface area contributed by atoms with Crippen LogP contribution >= 0.6 is 11.3 Å². The summed E-state index contributed by atoms with van der Waals surface area (Å²) in [7, 11) is 0. The molecule has 4 aromatic rings. The van der Waals surface area contributed by atoms with Crippen molar-refractivity contribution in [3.63, 3.8) is 0 Å². The van der Waals surface area contributed by atoms with Crippen LogP contribution in [0.4, 0.5) is 0 Å².